The molecule has 1 aliphatic carbocycles. The lowest BCUT2D eigenvalue weighted by Crippen LogP contribution is -2.17. The number of rotatable bonds is 5. The van der Waals surface area contributed by atoms with E-state index in [9.17, 15) is 4.79 Å². The number of carbonyl (C=O) groups excluding carboxylic acids is 1. The van der Waals surface area contributed by atoms with Crippen LogP contribution in [-0.2, 0) is 9.53 Å². The molecule has 0 bridgehead atoms. The van der Waals surface area contributed by atoms with Gasteiger partial charge in [0.1, 0.15) is 11.6 Å². The molecule has 0 aliphatic heterocycles. The molecule has 0 spiro atoms. The van der Waals surface area contributed by atoms with Crippen LogP contribution in [0.2, 0.25) is 0 Å². The first-order chi connectivity index (χ1) is 17.0. The maximum absolute atomic E-state index is 15.1. The third-order valence-corrected chi connectivity index (χ3v) is 7.08. The molecule has 5 rings (SSSR count). The molecule has 5 nitrogen and oxygen atoms in total. The SMILES string of the molecule is COC(=O)CC1CCC(c2ccc(-c3ccc(-c4nc5ccc(C#N)cc5[nH]4)c(F)c3)cc2)CC1. The van der Waals surface area contributed by atoms with E-state index in [1.165, 1.54) is 18.7 Å². The van der Waals surface area contributed by atoms with Gasteiger partial charge in [0.15, 0.2) is 0 Å². The predicted octanol–water partition coefficient (Wildman–Crippen LogP) is 6.74. The number of fused-ring (bicyclic) bond motifs is 1. The zero-order valence-electron chi connectivity index (χ0n) is 19.6. The van der Waals surface area contributed by atoms with Crippen molar-refractivity contribution in [2.75, 3.05) is 7.11 Å². The minimum Gasteiger partial charge on any atom is -0.469 e. The zero-order chi connectivity index (χ0) is 24.4. The van der Waals surface area contributed by atoms with Gasteiger partial charge < -0.3 is 9.72 Å². The molecular weight excluding hydrogens is 441 g/mol. The van der Waals surface area contributed by atoms with Gasteiger partial charge in [0.25, 0.3) is 0 Å². The van der Waals surface area contributed by atoms with E-state index in [-0.39, 0.29) is 11.8 Å². The summed E-state index contributed by atoms with van der Waals surface area (Å²) in [4.78, 5) is 19.1. The second-order valence-electron chi connectivity index (χ2n) is 9.24. The summed E-state index contributed by atoms with van der Waals surface area (Å²) in [5.74, 6) is 0.878. The number of carbonyl (C=O) groups is 1. The minimum atomic E-state index is -0.352. The van der Waals surface area contributed by atoms with Gasteiger partial charge >= 0.3 is 5.97 Å². The standard InChI is InChI=1S/C29H26FN3O2/c1-35-28(34)15-18-2-5-20(6-3-18)21-7-9-22(10-8-21)23-11-12-24(25(30)16-23)29-32-26-13-4-19(17-31)14-27(26)33-29/h4,7-14,16,18,20H,2-3,5-6,15H2,1H3,(H,32,33). The van der Waals surface area contributed by atoms with Crippen LogP contribution >= 0.6 is 0 Å². The Bertz CT molecular complexity index is 1410. The van der Waals surface area contributed by atoms with Crippen LogP contribution in [-0.4, -0.2) is 23.0 Å². The molecule has 176 valence electrons. The van der Waals surface area contributed by atoms with Crippen LogP contribution in [0.25, 0.3) is 33.5 Å². The number of halogens is 1. The van der Waals surface area contributed by atoms with E-state index in [0.29, 0.717) is 46.2 Å². The van der Waals surface area contributed by atoms with Crippen LogP contribution in [0.1, 0.15) is 49.1 Å². The van der Waals surface area contributed by atoms with E-state index < -0.39 is 0 Å². The number of hydrogen-bond acceptors (Lipinski definition) is 4. The summed E-state index contributed by atoms with van der Waals surface area (Å²) in [7, 11) is 1.44. The number of aromatic amines is 1. The molecule has 0 atom stereocenters. The summed E-state index contributed by atoms with van der Waals surface area (Å²) >= 11 is 0. The second-order valence-corrected chi connectivity index (χ2v) is 9.24. The monoisotopic (exact) mass is 467 g/mol. The first kappa shape index (κ1) is 22.8. The maximum atomic E-state index is 15.1. The molecule has 1 aliphatic rings. The van der Waals surface area contributed by atoms with Crippen molar-refractivity contribution < 1.29 is 13.9 Å². The first-order valence-corrected chi connectivity index (χ1v) is 11.9. The number of esters is 1. The van der Waals surface area contributed by atoms with Gasteiger partial charge in [0, 0.05) is 6.42 Å². The van der Waals surface area contributed by atoms with Crippen LogP contribution < -0.4 is 0 Å². The number of nitrogens with zero attached hydrogens (tertiary/aromatic N) is 2. The summed E-state index contributed by atoms with van der Waals surface area (Å²) in [6, 6.07) is 20.8. The van der Waals surface area contributed by atoms with E-state index in [4.69, 9.17) is 10.00 Å². The van der Waals surface area contributed by atoms with Crippen molar-refractivity contribution in [3.8, 4) is 28.6 Å². The number of nitriles is 1. The molecule has 0 amide bonds. The van der Waals surface area contributed by atoms with Crippen LogP contribution in [0.5, 0.6) is 0 Å². The Balaban J connectivity index is 1.29. The lowest BCUT2D eigenvalue weighted by atomic mass is 9.77. The third-order valence-electron chi connectivity index (χ3n) is 7.08. The minimum absolute atomic E-state index is 0.121. The predicted molar refractivity (Wildman–Crippen MR) is 133 cm³/mol. The van der Waals surface area contributed by atoms with Crippen molar-refractivity contribution in [3.63, 3.8) is 0 Å². The lowest BCUT2D eigenvalue weighted by Gasteiger charge is -2.28. The fraction of sp³-hybridized carbons (Fsp3) is 0.276. The fourth-order valence-corrected chi connectivity index (χ4v) is 5.06. The van der Waals surface area contributed by atoms with Crippen molar-refractivity contribution in [2.24, 2.45) is 5.92 Å². The zero-order valence-corrected chi connectivity index (χ0v) is 19.6. The van der Waals surface area contributed by atoms with Gasteiger partial charge in [0.2, 0.25) is 0 Å². The highest BCUT2D eigenvalue weighted by molar-refractivity contribution is 5.81. The van der Waals surface area contributed by atoms with Gasteiger partial charge in [-0.15, -0.1) is 0 Å². The van der Waals surface area contributed by atoms with Gasteiger partial charge in [0.05, 0.1) is 35.3 Å². The molecule has 35 heavy (non-hydrogen) atoms. The fourth-order valence-electron chi connectivity index (χ4n) is 5.06. The molecular formula is C29H26FN3O2. The van der Waals surface area contributed by atoms with E-state index in [1.807, 2.05) is 6.07 Å². The number of ether oxygens (including phenoxy) is 1. The molecule has 0 unspecified atom stereocenters. The number of H-pyrrole nitrogens is 1. The Kier molecular flexibility index (Phi) is 6.33. The quantitative estimate of drug-likeness (QED) is 0.330. The summed E-state index contributed by atoms with van der Waals surface area (Å²) in [6.45, 7) is 0. The molecule has 0 saturated heterocycles. The van der Waals surface area contributed by atoms with Crippen molar-refractivity contribution in [3.05, 3.63) is 77.6 Å². The molecule has 1 heterocycles. The van der Waals surface area contributed by atoms with E-state index in [2.05, 4.69) is 40.3 Å². The summed E-state index contributed by atoms with van der Waals surface area (Å²) < 4.78 is 19.9. The third kappa shape index (κ3) is 4.81. The van der Waals surface area contributed by atoms with E-state index in [0.717, 1.165) is 36.8 Å². The van der Waals surface area contributed by atoms with E-state index >= 15 is 4.39 Å². The smallest absolute Gasteiger partial charge is 0.305 e. The van der Waals surface area contributed by atoms with Gasteiger partial charge in [-0.3, -0.25) is 4.79 Å². The number of nitrogens with one attached hydrogen (secondary N) is 1. The summed E-state index contributed by atoms with van der Waals surface area (Å²) in [5.41, 5.74) is 5.38. The largest absolute Gasteiger partial charge is 0.469 e. The van der Waals surface area contributed by atoms with Gasteiger partial charge in [-0.05, 0) is 84.5 Å². The van der Waals surface area contributed by atoms with E-state index in [1.54, 1.807) is 24.3 Å². The van der Waals surface area contributed by atoms with Gasteiger partial charge in [-0.1, -0.05) is 30.3 Å². The molecule has 1 saturated carbocycles. The molecule has 4 aromatic rings. The van der Waals surface area contributed by atoms with Crippen molar-refractivity contribution >= 4 is 17.0 Å². The average molecular weight is 468 g/mol. The number of benzene rings is 3. The van der Waals surface area contributed by atoms with Crippen molar-refractivity contribution in [2.45, 2.75) is 38.0 Å². The maximum Gasteiger partial charge on any atom is 0.305 e. The van der Waals surface area contributed by atoms with Crippen molar-refractivity contribution in [1.29, 1.82) is 5.26 Å². The van der Waals surface area contributed by atoms with Crippen molar-refractivity contribution in [1.82, 2.24) is 9.97 Å². The Hall–Kier alpha value is -3.98. The number of hydrogen-bond donors (Lipinski definition) is 1. The first-order valence-electron chi connectivity index (χ1n) is 11.9. The Morgan fingerprint density at radius 1 is 1.06 bits per heavy atom. The van der Waals surface area contributed by atoms with Gasteiger partial charge in [-0.25, -0.2) is 9.37 Å². The van der Waals surface area contributed by atoms with Crippen LogP contribution in [0.3, 0.4) is 0 Å². The molecule has 1 fully saturated rings. The highest BCUT2D eigenvalue weighted by atomic mass is 19.1. The molecule has 0 radical (unpaired) electrons. The average Bonchev–Trinajstić information content (AvgIpc) is 3.32. The molecule has 1 aromatic heterocycles. The van der Waals surface area contributed by atoms with Crippen LogP contribution in [0.4, 0.5) is 4.39 Å². The number of methoxy groups -OCH3 is 1. The molecule has 6 heteroatoms. The van der Waals surface area contributed by atoms with Crippen LogP contribution in [0, 0.1) is 23.1 Å². The summed E-state index contributed by atoms with van der Waals surface area (Å²) in [5, 5.41) is 9.08. The highest BCUT2D eigenvalue weighted by Crippen LogP contribution is 2.38. The molecule has 1 N–H and O–H groups in total. The number of aromatic nitrogens is 2. The van der Waals surface area contributed by atoms with Crippen LogP contribution in [0.15, 0.2) is 60.7 Å². The molecule has 3 aromatic carbocycles. The highest BCUT2D eigenvalue weighted by Gasteiger charge is 2.24. The Labute approximate surface area is 203 Å². The second kappa shape index (κ2) is 9.71. The van der Waals surface area contributed by atoms with Gasteiger partial charge in [-0.2, -0.15) is 5.26 Å². The topological polar surface area (TPSA) is 78.8 Å². The number of imidazole rings is 1. The Morgan fingerprint density at radius 3 is 2.49 bits per heavy atom. The normalized spacial score (nSPS) is 17.7. The summed E-state index contributed by atoms with van der Waals surface area (Å²) in [6.07, 6.45) is 4.72. The Morgan fingerprint density at radius 2 is 1.80 bits per heavy atom. The lowest BCUT2D eigenvalue weighted by molar-refractivity contribution is -0.142.